The molecule has 0 aromatic rings. The summed E-state index contributed by atoms with van der Waals surface area (Å²) in [5.41, 5.74) is 1.82. The zero-order valence-electron chi connectivity index (χ0n) is 9.05. The first-order valence-electron chi connectivity index (χ1n) is 5.08. The van der Waals surface area contributed by atoms with Crippen molar-refractivity contribution in [3.63, 3.8) is 0 Å². The van der Waals surface area contributed by atoms with E-state index in [1.165, 1.54) is 0 Å². The van der Waals surface area contributed by atoms with E-state index in [4.69, 9.17) is 5.11 Å². The molecule has 0 spiro atoms. The van der Waals surface area contributed by atoms with Crippen molar-refractivity contribution in [2.75, 3.05) is 0 Å². The topological polar surface area (TPSA) is 37.3 Å². The summed E-state index contributed by atoms with van der Waals surface area (Å²) >= 11 is 0. The third-order valence-corrected chi connectivity index (χ3v) is 2.22. The van der Waals surface area contributed by atoms with Gasteiger partial charge in [-0.25, -0.2) is 4.79 Å². The van der Waals surface area contributed by atoms with Crippen LogP contribution in [-0.4, -0.2) is 11.1 Å². The number of carbonyl (C=O) groups is 1. The summed E-state index contributed by atoms with van der Waals surface area (Å²) in [7, 11) is 0. The van der Waals surface area contributed by atoms with E-state index in [0.29, 0.717) is 11.5 Å². The van der Waals surface area contributed by atoms with Crippen molar-refractivity contribution in [1.82, 2.24) is 0 Å². The van der Waals surface area contributed by atoms with Gasteiger partial charge in [0.05, 0.1) is 0 Å². The highest BCUT2D eigenvalue weighted by atomic mass is 16.4. The first-order chi connectivity index (χ1) is 6.13. The van der Waals surface area contributed by atoms with Crippen LogP contribution in [0.25, 0.3) is 0 Å². The van der Waals surface area contributed by atoms with Crippen LogP contribution < -0.4 is 0 Å². The lowest BCUT2D eigenvalue weighted by Crippen LogP contribution is -2.03. The Bertz CT molecular complexity index is 202. The molecule has 0 heterocycles. The summed E-state index contributed by atoms with van der Waals surface area (Å²) in [5, 5.41) is 8.77. The summed E-state index contributed by atoms with van der Waals surface area (Å²) in [6.45, 7) is 8.12. The van der Waals surface area contributed by atoms with Crippen LogP contribution in [0, 0.1) is 5.92 Å². The highest BCUT2D eigenvalue weighted by Crippen LogP contribution is 2.31. The third-order valence-electron chi connectivity index (χ3n) is 2.22. The van der Waals surface area contributed by atoms with Gasteiger partial charge in [0.1, 0.15) is 0 Å². The molecule has 0 saturated carbocycles. The second-order valence-corrected chi connectivity index (χ2v) is 3.32. The van der Waals surface area contributed by atoms with Crippen LogP contribution in [0.5, 0.6) is 0 Å². The van der Waals surface area contributed by atoms with Crippen molar-refractivity contribution in [2.24, 2.45) is 5.92 Å². The van der Waals surface area contributed by atoms with Gasteiger partial charge in [-0.05, 0) is 25.2 Å². The average molecular weight is 184 g/mol. The molecule has 13 heavy (non-hydrogen) atoms. The third kappa shape index (κ3) is 3.21. The van der Waals surface area contributed by atoms with Crippen LogP contribution in [0.4, 0.5) is 0 Å². The Morgan fingerprint density at radius 1 is 1.31 bits per heavy atom. The highest BCUT2D eigenvalue weighted by Gasteiger charge is 2.21. The Hall–Kier alpha value is -0.790. The van der Waals surface area contributed by atoms with Gasteiger partial charge >= 0.3 is 5.97 Å². The lowest BCUT2D eigenvalue weighted by atomic mass is 10.00. The molecule has 0 radical (unpaired) electrons. The molecule has 2 heteroatoms. The molecule has 1 aliphatic carbocycles. The summed E-state index contributed by atoms with van der Waals surface area (Å²) in [5.74, 6) is -0.310. The van der Waals surface area contributed by atoms with Gasteiger partial charge in [-0.2, -0.15) is 0 Å². The Morgan fingerprint density at radius 2 is 1.85 bits per heavy atom. The predicted octanol–water partition coefficient (Wildman–Crippen LogP) is 3.23. The minimum absolute atomic E-state index is 0.406. The number of rotatable bonds is 2. The summed E-state index contributed by atoms with van der Waals surface area (Å²) in [6.07, 6.45) is 2.78. The maximum absolute atomic E-state index is 10.7. The molecule has 0 atom stereocenters. The fourth-order valence-corrected chi connectivity index (χ4v) is 1.65. The van der Waals surface area contributed by atoms with Gasteiger partial charge in [-0.3, -0.25) is 0 Å². The van der Waals surface area contributed by atoms with Crippen molar-refractivity contribution in [3.05, 3.63) is 11.1 Å². The van der Waals surface area contributed by atoms with Gasteiger partial charge in [-0.15, -0.1) is 0 Å². The minimum Gasteiger partial charge on any atom is -0.478 e. The Labute approximate surface area is 80.7 Å². The molecule has 2 nitrogen and oxygen atoms in total. The first kappa shape index (κ1) is 12.2. The monoisotopic (exact) mass is 184 g/mol. The second kappa shape index (κ2) is 5.79. The molecule has 0 aromatic carbocycles. The zero-order chi connectivity index (χ0) is 10.4. The molecule has 1 N–H and O–H groups in total. The van der Waals surface area contributed by atoms with Crippen LogP contribution in [0.1, 0.15) is 47.0 Å². The van der Waals surface area contributed by atoms with E-state index >= 15 is 0 Å². The van der Waals surface area contributed by atoms with Crippen molar-refractivity contribution in [1.29, 1.82) is 0 Å². The molecule has 0 aromatic heterocycles. The van der Waals surface area contributed by atoms with Gasteiger partial charge in [0.25, 0.3) is 0 Å². The van der Waals surface area contributed by atoms with E-state index in [2.05, 4.69) is 13.8 Å². The van der Waals surface area contributed by atoms with Gasteiger partial charge in [0.2, 0.25) is 0 Å². The second-order valence-electron chi connectivity index (χ2n) is 3.32. The molecule has 0 amide bonds. The number of carboxylic acid groups (broad SMARTS) is 1. The number of aliphatic carboxylic acids is 1. The standard InChI is InChI=1S/C9H14O2.C2H6/c1-6(2)7-4-3-5-8(7)9(10)11;1-2/h6H,3-5H2,1-2H3,(H,10,11);1-2H3. The van der Waals surface area contributed by atoms with Crippen LogP contribution in [0.2, 0.25) is 0 Å². The van der Waals surface area contributed by atoms with Crippen molar-refractivity contribution in [3.8, 4) is 0 Å². The van der Waals surface area contributed by atoms with Crippen molar-refractivity contribution >= 4 is 5.97 Å². The molecule has 1 aliphatic rings. The lowest BCUT2D eigenvalue weighted by Gasteiger charge is -2.06. The number of hydrogen-bond donors (Lipinski definition) is 1. The van der Waals surface area contributed by atoms with Crippen LogP contribution in [0.3, 0.4) is 0 Å². The molecule has 1 rings (SSSR count). The zero-order valence-corrected chi connectivity index (χ0v) is 9.05. The maximum Gasteiger partial charge on any atom is 0.331 e. The smallest absolute Gasteiger partial charge is 0.331 e. The van der Waals surface area contributed by atoms with Crippen molar-refractivity contribution < 1.29 is 9.90 Å². The fourth-order valence-electron chi connectivity index (χ4n) is 1.65. The number of allylic oxidation sites excluding steroid dienone is 1. The predicted molar refractivity (Wildman–Crippen MR) is 54.7 cm³/mol. The largest absolute Gasteiger partial charge is 0.478 e. The first-order valence-corrected chi connectivity index (χ1v) is 5.08. The summed E-state index contributed by atoms with van der Waals surface area (Å²) in [4.78, 5) is 10.7. The Kier molecular flexibility index (Phi) is 5.44. The summed E-state index contributed by atoms with van der Waals surface area (Å²) < 4.78 is 0. The molecule has 0 saturated heterocycles. The van der Waals surface area contributed by atoms with E-state index in [1.807, 2.05) is 13.8 Å². The fraction of sp³-hybridized carbons (Fsp3) is 0.727. The normalized spacial score (nSPS) is 15.8. The minimum atomic E-state index is -0.716. The lowest BCUT2D eigenvalue weighted by molar-refractivity contribution is -0.132. The highest BCUT2D eigenvalue weighted by molar-refractivity contribution is 5.88. The van der Waals surface area contributed by atoms with E-state index in [0.717, 1.165) is 24.8 Å². The van der Waals surface area contributed by atoms with Crippen LogP contribution >= 0.6 is 0 Å². The van der Waals surface area contributed by atoms with E-state index in [1.54, 1.807) is 0 Å². The Morgan fingerprint density at radius 3 is 2.15 bits per heavy atom. The number of carboxylic acids is 1. The van der Waals surface area contributed by atoms with Crippen molar-refractivity contribution in [2.45, 2.75) is 47.0 Å². The van der Waals surface area contributed by atoms with Crippen LogP contribution in [-0.2, 0) is 4.79 Å². The average Bonchev–Trinajstić information content (AvgIpc) is 2.55. The van der Waals surface area contributed by atoms with E-state index in [-0.39, 0.29) is 0 Å². The molecule has 0 fully saturated rings. The Balaban J connectivity index is 0.000000671. The van der Waals surface area contributed by atoms with Gasteiger partial charge < -0.3 is 5.11 Å². The van der Waals surface area contributed by atoms with Crippen LogP contribution in [0.15, 0.2) is 11.1 Å². The van der Waals surface area contributed by atoms with Gasteiger partial charge in [0, 0.05) is 5.57 Å². The molecular formula is C11H20O2. The molecule has 0 unspecified atom stereocenters. The SMILES string of the molecule is CC.CC(C)C1=C(C(=O)O)CCC1. The van der Waals surface area contributed by atoms with Gasteiger partial charge in [0.15, 0.2) is 0 Å². The van der Waals surface area contributed by atoms with E-state index < -0.39 is 5.97 Å². The number of hydrogen-bond acceptors (Lipinski definition) is 1. The van der Waals surface area contributed by atoms with Gasteiger partial charge in [-0.1, -0.05) is 33.3 Å². The molecule has 76 valence electrons. The summed E-state index contributed by atoms with van der Waals surface area (Å²) in [6, 6.07) is 0. The van der Waals surface area contributed by atoms with E-state index in [9.17, 15) is 4.79 Å². The molecule has 0 bridgehead atoms. The maximum atomic E-state index is 10.7. The molecule has 0 aliphatic heterocycles. The quantitative estimate of drug-likeness (QED) is 0.715. The molecular weight excluding hydrogens is 164 g/mol.